The van der Waals surface area contributed by atoms with Gasteiger partial charge >= 0.3 is 0 Å². The monoisotopic (exact) mass is 523 g/mol. The van der Waals surface area contributed by atoms with Gasteiger partial charge in [-0.1, -0.05) is 6.07 Å². The molecule has 0 saturated carbocycles. The van der Waals surface area contributed by atoms with E-state index < -0.39 is 0 Å². The van der Waals surface area contributed by atoms with Gasteiger partial charge in [-0.15, -0.1) is 34.2 Å². The molecule has 3 aromatic rings. The molecule has 1 saturated heterocycles. The van der Waals surface area contributed by atoms with Gasteiger partial charge in [0.1, 0.15) is 11.6 Å². The van der Waals surface area contributed by atoms with E-state index >= 15 is 0 Å². The average molecular weight is 523 g/mol. The number of hydrogen-bond donors (Lipinski definition) is 2. The molecule has 3 aromatic heterocycles. The molecule has 4 rings (SSSR count). The van der Waals surface area contributed by atoms with E-state index in [-0.39, 0.29) is 30.0 Å². The molecule has 1 aliphatic heterocycles. The van der Waals surface area contributed by atoms with Crippen molar-refractivity contribution in [2.24, 2.45) is 4.99 Å². The molecule has 162 valence electrons. The second-order valence-corrected chi connectivity index (χ2v) is 7.22. The molecule has 30 heavy (non-hydrogen) atoms. The third kappa shape index (κ3) is 5.51. The molecular formula is C21H30IN7O. The molecule has 0 bridgehead atoms. The number of likely N-dealkylation sites (tertiary alicyclic amines) is 1. The molecule has 0 aromatic carbocycles. The van der Waals surface area contributed by atoms with Gasteiger partial charge in [0.25, 0.3) is 0 Å². The first-order valence-electron chi connectivity index (χ1n) is 10.4. The van der Waals surface area contributed by atoms with Crippen molar-refractivity contribution >= 4 is 35.6 Å². The highest BCUT2D eigenvalue weighted by Gasteiger charge is 2.25. The maximum atomic E-state index is 5.70. The van der Waals surface area contributed by atoms with E-state index in [1.165, 1.54) is 12.8 Å². The molecule has 8 nitrogen and oxygen atoms in total. The first-order valence-corrected chi connectivity index (χ1v) is 10.4. The zero-order valence-electron chi connectivity index (χ0n) is 17.3. The van der Waals surface area contributed by atoms with Crippen LogP contribution < -0.4 is 10.6 Å². The maximum absolute atomic E-state index is 5.70. The predicted molar refractivity (Wildman–Crippen MR) is 128 cm³/mol. The number of fused-ring (bicyclic) bond motifs is 1. The Morgan fingerprint density at radius 2 is 2.03 bits per heavy atom. The number of rotatable bonds is 8. The minimum atomic E-state index is 0. The van der Waals surface area contributed by atoms with Gasteiger partial charge in [-0.05, 0) is 57.1 Å². The van der Waals surface area contributed by atoms with Gasteiger partial charge in [0.05, 0.1) is 18.8 Å². The van der Waals surface area contributed by atoms with Crippen LogP contribution in [-0.2, 0) is 6.42 Å². The molecule has 0 amide bonds. The number of aromatic nitrogens is 3. The van der Waals surface area contributed by atoms with Crippen molar-refractivity contribution < 1.29 is 4.42 Å². The van der Waals surface area contributed by atoms with Crippen LogP contribution in [0.2, 0.25) is 0 Å². The molecule has 0 radical (unpaired) electrons. The summed E-state index contributed by atoms with van der Waals surface area (Å²) in [5, 5.41) is 15.3. The maximum Gasteiger partial charge on any atom is 0.191 e. The fourth-order valence-corrected chi connectivity index (χ4v) is 3.79. The summed E-state index contributed by atoms with van der Waals surface area (Å²) >= 11 is 0. The van der Waals surface area contributed by atoms with Crippen molar-refractivity contribution in [1.29, 1.82) is 0 Å². The van der Waals surface area contributed by atoms with Crippen LogP contribution in [0.3, 0.4) is 0 Å². The normalized spacial score (nSPS) is 15.8. The average Bonchev–Trinajstić information content (AvgIpc) is 3.51. The van der Waals surface area contributed by atoms with Crippen molar-refractivity contribution in [3.8, 4) is 0 Å². The van der Waals surface area contributed by atoms with Gasteiger partial charge in [0, 0.05) is 25.7 Å². The summed E-state index contributed by atoms with van der Waals surface area (Å²) in [4.78, 5) is 7.31. The second-order valence-electron chi connectivity index (χ2n) is 7.22. The van der Waals surface area contributed by atoms with E-state index in [0.717, 1.165) is 55.8 Å². The Balaban J connectivity index is 0.00000256. The lowest BCUT2D eigenvalue weighted by Gasteiger charge is -2.24. The fraction of sp³-hybridized carbons (Fsp3) is 0.476. The third-order valence-electron chi connectivity index (χ3n) is 5.24. The van der Waals surface area contributed by atoms with E-state index in [9.17, 15) is 0 Å². The Hall–Kier alpha value is -2.14. The molecule has 0 aliphatic carbocycles. The smallest absolute Gasteiger partial charge is 0.191 e. The molecule has 1 aliphatic rings. The first-order chi connectivity index (χ1) is 14.3. The number of guanidine groups is 1. The van der Waals surface area contributed by atoms with Gasteiger partial charge in [0.15, 0.2) is 11.6 Å². The number of halogens is 1. The quantitative estimate of drug-likeness (QED) is 0.269. The van der Waals surface area contributed by atoms with Crippen LogP contribution in [0, 0.1) is 0 Å². The summed E-state index contributed by atoms with van der Waals surface area (Å²) < 4.78 is 7.72. The lowest BCUT2D eigenvalue weighted by molar-refractivity contribution is 0.221. The van der Waals surface area contributed by atoms with Crippen LogP contribution in [0.1, 0.15) is 37.4 Å². The molecule has 1 fully saturated rings. The highest BCUT2D eigenvalue weighted by atomic mass is 127. The van der Waals surface area contributed by atoms with E-state index in [1.54, 1.807) is 6.26 Å². The highest BCUT2D eigenvalue weighted by molar-refractivity contribution is 14.0. The summed E-state index contributed by atoms with van der Waals surface area (Å²) in [7, 11) is 0. The lowest BCUT2D eigenvalue weighted by Crippen LogP contribution is -2.39. The van der Waals surface area contributed by atoms with E-state index in [0.29, 0.717) is 6.54 Å². The second kappa shape index (κ2) is 11.3. The fourth-order valence-electron chi connectivity index (χ4n) is 3.79. The number of furan rings is 1. The zero-order valence-corrected chi connectivity index (χ0v) is 19.7. The predicted octanol–water partition coefficient (Wildman–Crippen LogP) is 2.88. The van der Waals surface area contributed by atoms with Crippen molar-refractivity contribution in [2.75, 3.05) is 32.7 Å². The van der Waals surface area contributed by atoms with Gasteiger partial charge in [0.2, 0.25) is 0 Å². The summed E-state index contributed by atoms with van der Waals surface area (Å²) in [5.41, 5.74) is 0.870. The molecular weight excluding hydrogens is 493 g/mol. The van der Waals surface area contributed by atoms with E-state index in [2.05, 4.69) is 38.7 Å². The summed E-state index contributed by atoms with van der Waals surface area (Å²) in [5.74, 6) is 2.74. The van der Waals surface area contributed by atoms with Crippen LogP contribution in [-0.4, -0.2) is 58.2 Å². The van der Waals surface area contributed by atoms with Crippen LogP contribution in [0.4, 0.5) is 0 Å². The topological polar surface area (TPSA) is 83.0 Å². The summed E-state index contributed by atoms with van der Waals surface area (Å²) in [6.45, 7) is 6.49. The van der Waals surface area contributed by atoms with Gasteiger partial charge in [-0.2, -0.15) is 0 Å². The number of pyridine rings is 1. The minimum absolute atomic E-state index is 0. The van der Waals surface area contributed by atoms with Gasteiger partial charge in [-0.3, -0.25) is 14.3 Å². The van der Waals surface area contributed by atoms with E-state index in [4.69, 9.17) is 9.41 Å². The van der Waals surface area contributed by atoms with Gasteiger partial charge in [-0.25, -0.2) is 0 Å². The molecule has 4 heterocycles. The number of aliphatic imine (C=N–C) groups is 1. The lowest BCUT2D eigenvalue weighted by atomic mass is 10.2. The molecule has 1 atom stereocenters. The Morgan fingerprint density at radius 3 is 2.80 bits per heavy atom. The Kier molecular flexibility index (Phi) is 8.50. The Morgan fingerprint density at radius 1 is 1.17 bits per heavy atom. The minimum Gasteiger partial charge on any atom is -0.468 e. The molecule has 1 unspecified atom stereocenters. The summed E-state index contributed by atoms with van der Waals surface area (Å²) in [6, 6.07) is 10.1. The number of hydrogen-bond acceptors (Lipinski definition) is 5. The van der Waals surface area contributed by atoms with Gasteiger partial charge < -0.3 is 15.1 Å². The summed E-state index contributed by atoms with van der Waals surface area (Å²) in [6.07, 6.45) is 6.99. The zero-order chi connectivity index (χ0) is 19.9. The number of nitrogens with one attached hydrogen (secondary N) is 2. The van der Waals surface area contributed by atoms with Crippen LogP contribution >= 0.6 is 24.0 Å². The standard InChI is InChI=1S/C21H29N7O.HI/c1-2-22-21(23-11-10-20-26-25-19-9-3-4-14-28(19)20)24-16-17(18-8-7-15-29-18)27-12-5-6-13-27;/h3-4,7-9,14-15,17H,2,5-6,10-13,16H2,1H3,(H2,22,23,24);1H. The largest absolute Gasteiger partial charge is 0.468 e. The molecule has 9 heteroatoms. The van der Waals surface area contributed by atoms with E-state index in [1.807, 2.05) is 34.9 Å². The van der Waals surface area contributed by atoms with Crippen LogP contribution in [0.25, 0.3) is 5.65 Å². The van der Waals surface area contributed by atoms with Crippen molar-refractivity contribution in [1.82, 2.24) is 30.1 Å². The van der Waals surface area contributed by atoms with Crippen molar-refractivity contribution in [3.05, 3.63) is 54.4 Å². The van der Waals surface area contributed by atoms with Crippen molar-refractivity contribution in [2.45, 2.75) is 32.2 Å². The first kappa shape index (κ1) is 22.5. The van der Waals surface area contributed by atoms with Crippen LogP contribution in [0.5, 0.6) is 0 Å². The Bertz CT molecular complexity index is 918. The molecule has 0 spiro atoms. The SMILES string of the molecule is CCNC(=NCC(c1ccco1)N1CCCC1)NCCc1nnc2ccccn12.I. The van der Waals surface area contributed by atoms with Crippen molar-refractivity contribution in [3.63, 3.8) is 0 Å². The Labute approximate surface area is 194 Å². The highest BCUT2D eigenvalue weighted by Crippen LogP contribution is 2.25. The number of nitrogens with zero attached hydrogens (tertiary/aromatic N) is 5. The molecule has 2 N–H and O–H groups in total. The third-order valence-corrected chi connectivity index (χ3v) is 5.24. The van der Waals surface area contributed by atoms with Crippen LogP contribution in [0.15, 0.2) is 52.2 Å².